The standard InChI is InChI=1S/C16H16ClNO3/c17-16-4-2-1-3-14(16)10-12-21-11-9-13-5-7-15(8-6-13)18(19)20/h1-8H,9-12H2. The van der Waals surface area contributed by atoms with Crippen molar-refractivity contribution in [2.45, 2.75) is 12.8 Å². The number of hydrogen-bond donors (Lipinski definition) is 0. The summed E-state index contributed by atoms with van der Waals surface area (Å²) in [5.41, 5.74) is 2.21. The van der Waals surface area contributed by atoms with Crippen LogP contribution in [0, 0.1) is 10.1 Å². The number of ether oxygens (including phenoxy) is 1. The molecule has 0 bridgehead atoms. The topological polar surface area (TPSA) is 52.4 Å². The van der Waals surface area contributed by atoms with Gasteiger partial charge in [-0.3, -0.25) is 10.1 Å². The number of halogens is 1. The van der Waals surface area contributed by atoms with Gasteiger partial charge in [-0.1, -0.05) is 41.9 Å². The van der Waals surface area contributed by atoms with Crippen LogP contribution in [0.25, 0.3) is 0 Å². The molecule has 0 aromatic heterocycles. The van der Waals surface area contributed by atoms with E-state index in [1.54, 1.807) is 12.1 Å². The van der Waals surface area contributed by atoms with Crippen molar-refractivity contribution in [3.63, 3.8) is 0 Å². The number of benzene rings is 2. The number of hydrogen-bond acceptors (Lipinski definition) is 3. The molecule has 0 unspecified atom stereocenters. The Hall–Kier alpha value is -1.91. The fourth-order valence-corrected chi connectivity index (χ4v) is 2.19. The van der Waals surface area contributed by atoms with Gasteiger partial charge in [0.25, 0.3) is 5.69 Å². The Balaban J connectivity index is 1.70. The maximum atomic E-state index is 10.5. The third kappa shape index (κ3) is 4.85. The maximum absolute atomic E-state index is 10.5. The van der Waals surface area contributed by atoms with Gasteiger partial charge in [-0.2, -0.15) is 0 Å². The molecule has 21 heavy (non-hydrogen) atoms. The summed E-state index contributed by atoms with van der Waals surface area (Å²) >= 11 is 6.06. The molecule has 0 spiro atoms. The number of nitro benzene ring substituents is 1. The lowest BCUT2D eigenvalue weighted by molar-refractivity contribution is -0.384. The van der Waals surface area contributed by atoms with E-state index in [4.69, 9.17) is 16.3 Å². The molecule has 110 valence electrons. The minimum atomic E-state index is -0.399. The maximum Gasteiger partial charge on any atom is 0.269 e. The molecule has 0 amide bonds. The van der Waals surface area contributed by atoms with Crippen LogP contribution in [0.15, 0.2) is 48.5 Å². The molecule has 0 radical (unpaired) electrons. The van der Waals surface area contributed by atoms with Crippen LogP contribution in [0.1, 0.15) is 11.1 Å². The lowest BCUT2D eigenvalue weighted by Crippen LogP contribution is -2.03. The van der Waals surface area contributed by atoms with Crippen molar-refractivity contribution in [1.29, 1.82) is 0 Å². The van der Waals surface area contributed by atoms with E-state index in [-0.39, 0.29) is 5.69 Å². The van der Waals surface area contributed by atoms with E-state index < -0.39 is 4.92 Å². The van der Waals surface area contributed by atoms with E-state index >= 15 is 0 Å². The van der Waals surface area contributed by atoms with E-state index in [9.17, 15) is 10.1 Å². The van der Waals surface area contributed by atoms with Crippen molar-refractivity contribution in [3.8, 4) is 0 Å². The zero-order valence-electron chi connectivity index (χ0n) is 11.5. The first-order chi connectivity index (χ1) is 10.2. The van der Waals surface area contributed by atoms with Gasteiger partial charge in [0.15, 0.2) is 0 Å². The van der Waals surface area contributed by atoms with Gasteiger partial charge in [-0.25, -0.2) is 0 Å². The van der Waals surface area contributed by atoms with Crippen LogP contribution in [0.5, 0.6) is 0 Å². The lowest BCUT2D eigenvalue weighted by atomic mass is 10.1. The molecule has 0 aliphatic heterocycles. The Labute approximate surface area is 128 Å². The first-order valence-electron chi connectivity index (χ1n) is 6.71. The summed E-state index contributed by atoms with van der Waals surface area (Å²) in [5, 5.41) is 11.3. The van der Waals surface area contributed by atoms with Gasteiger partial charge in [-0.15, -0.1) is 0 Å². The van der Waals surface area contributed by atoms with Crippen LogP contribution in [0.2, 0.25) is 5.02 Å². The van der Waals surface area contributed by atoms with Gasteiger partial charge in [0.2, 0.25) is 0 Å². The van der Waals surface area contributed by atoms with Gasteiger partial charge in [0, 0.05) is 17.2 Å². The number of rotatable bonds is 7. The third-order valence-corrected chi connectivity index (χ3v) is 3.52. The first-order valence-corrected chi connectivity index (χ1v) is 7.09. The average Bonchev–Trinajstić information content (AvgIpc) is 2.49. The van der Waals surface area contributed by atoms with E-state index in [0.29, 0.717) is 13.2 Å². The van der Waals surface area contributed by atoms with E-state index in [1.165, 1.54) is 12.1 Å². The van der Waals surface area contributed by atoms with Crippen molar-refractivity contribution in [3.05, 3.63) is 74.8 Å². The minimum Gasteiger partial charge on any atom is -0.381 e. The second-order valence-electron chi connectivity index (χ2n) is 4.63. The summed E-state index contributed by atoms with van der Waals surface area (Å²) in [6.45, 7) is 1.19. The Morgan fingerprint density at radius 2 is 1.67 bits per heavy atom. The molecular formula is C16H16ClNO3. The molecular weight excluding hydrogens is 290 g/mol. The molecule has 0 atom stereocenters. The summed E-state index contributed by atoms with van der Waals surface area (Å²) in [5.74, 6) is 0. The quantitative estimate of drug-likeness (QED) is 0.440. The molecule has 2 aromatic carbocycles. The van der Waals surface area contributed by atoms with Gasteiger partial charge in [0.1, 0.15) is 0 Å². The van der Waals surface area contributed by atoms with E-state index in [0.717, 1.165) is 29.0 Å². The highest BCUT2D eigenvalue weighted by Gasteiger charge is 2.04. The molecule has 5 heteroatoms. The van der Waals surface area contributed by atoms with Crippen LogP contribution < -0.4 is 0 Å². The zero-order valence-corrected chi connectivity index (χ0v) is 12.3. The Kier molecular flexibility index (Phi) is 5.72. The second kappa shape index (κ2) is 7.76. The largest absolute Gasteiger partial charge is 0.381 e. The van der Waals surface area contributed by atoms with Crippen LogP contribution >= 0.6 is 11.6 Å². The normalized spacial score (nSPS) is 10.5. The zero-order chi connectivity index (χ0) is 15.1. The van der Waals surface area contributed by atoms with Gasteiger partial charge in [-0.05, 0) is 30.0 Å². The van der Waals surface area contributed by atoms with Crippen LogP contribution in [0.3, 0.4) is 0 Å². The van der Waals surface area contributed by atoms with Gasteiger partial charge < -0.3 is 4.74 Å². The molecule has 0 saturated heterocycles. The molecule has 0 saturated carbocycles. The van der Waals surface area contributed by atoms with Crippen molar-refractivity contribution in [2.24, 2.45) is 0 Å². The molecule has 2 rings (SSSR count). The molecule has 0 aliphatic carbocycles. The lowest BCUT2D eigenvalue weighted by Gasteiger charge is -2.06. The number of non-ortho nitro benzene ring substituents is 1. The summed E-state index contributed by atoms with van der Waals surface area (Å²) < 4.78 is 5.58. The van der Waals surface area contributed by atoms with Crippen molar-refractivity contribution in [1.82, 2.24) is 0 Å². The summed E-state index contributed by atoms with van der Waals surface area (Å²) in [7, 11) is 0. The number of nitro groups is 1. The summed E-state index contributed by atoms with van der Waals surface area (Å²) in [4.78, 5) is 10.1. The fourth-order valence-electron chi connectivity index (χ4n) is 1.96. The van der Waals surface area contributed by atoms with Crippen molar-refractivity contribution >= 4 is 17.3 Å². The molecule has 2 aromatic rings. The number of nitrogens with zero attached hydrogens (tertiary/aromatic N) is 1. The predicted octanol–water partition coefficient (Wildman–Crippen LogP) is 4.05. The van der Waals surface area contributed by atoms with Gasteiger partial charge >= 0.3 is 0 Å². The summed E-state index contributed by atoms with van der Waals surface area (Å²) in [6.07, 6.45) is 1.51. The minimum absolute atomic E-state index is 0.110. The van der Waals surface area contributed by atoms with Crippen molar-refractivity contribution in [2.75, 3.05) is 13.2 Å². The molecule has 0 fully saturated rings. The van der Waals surface area contributed by atoms with Gasteiger partial charge in [0.05, 0.1) is 18.1 Å². The SMILES string of the molecule is O=[N+]([O-])c1ccc(CCOCCc2ccccc2Cl)cc1. The average molecular weight is 306 g/mol. The monoisotopic (exact) mass is 305 g/mol. The van der Waals surface area contributed by atoms with Crippen LogP contribution in [-0.2, 0) is 17.6 Å². The Morgan fingerprint density at radius 1 is 1.00 bits per heavy atom. The Bertz CT molecular complexity index is 599. The molecule has 4 nitrogen and oxygen atoms in total. The highest BCUT2D eigenvalue weighted by molar-refractivity contribution is 6.31. The van der Waals surface area contributed by atoms with E-state index in [2.05, 4.69) is 0 Å². The highest BCUT2D eigenvalue weighted by Crippen LogP contribution is 2.15. The van der Waals surface area contributed by atoms with Crippen LogP contribution in [-0.4, -0.2) is 18.1 Å². The highest BCUT2D eigenvalue weighted by atomic mass is 35.5. The smallest absolute Gasteiger partial charge is 0.269 e. The van der Waals surface area contributed by atoms with Crippen LogP contribution in [0.4, 0.5) is 5.69 Å². The second-order valence-corrected chi connectivity index (χ2v) is 5.03. The Morgan fingerprint density at radius 3 is 2.33 bits per heavy atom. The summed E-state index contributed by atoms with van der Waals surface area (Å²) in [6, 6.07) is 14.3. The molecule has 0 heterocycles. The molecule has 0 aliphatic rings. The van der Waals surface area contributed by atoms with Crippen molar-refractivity contribution < 1.29 is 9.66 Å². The first kappa shape index (κ1) is 15.5. The fraction of sp³-hybridized carbons (Fsp3) is 0.250. The molecule has 0 N–H and O–H groups in total. The van der Waals surface area contributed by atoms with E-state index in [1.807, 2.05) is 24.3 Å². The third-order valence-electron chi connectivity index (χ3n) is 3.16. The predicted molar refractivity (Wildman–Crippen MR) is 82.8 cm³/mol.